The molecule has 0 aromatic heterocycles. The fraction of sp³-hybridized carbons (Fsp3) is 0.480. The zero-order chi connectivity index (χ0) is 21.4. The molecule has 1 saturated carbocycles. The fourth-order valence-corrected chi connectivity index (χ4v) is 3.74. The Bertz CT molecular complexity index is 773. The standard InChI is InChI=1S/C25H33NO4/c1-25(2,3)30-24(27)26-22-14-21(18-28-16-19-10-6-4-7-11-19)23(15-22)29-17-20-12-8-5-9-13-20/h4-13,21-23H,14-18H2,1-3H3,(H,26,27)/t21-,22-,23-/m1/s1. The second-order valence-electron chi connectivity index (χ2n) is 8.91. The van der Waals surface area contributed by atoms with Crippen molar-refractivity contribution in [2.75, 3.05) is 6.61 Å². The van der Waals surface area contributed by atoms with Gasteiger partial charge >= 0.3 is 6.09 Å². The Hall–Kier alpha value is -2.37. The first-order chi connectivity index (χ1) is 14.4. The molecule has 1 aliphatic carbocycles. The molecule has 3 rings (SSSR count). The number of hydrogen-bond acceptors (Lipinski definition) is 4. The van der Waals surface area contributed by atoms with Gasteiger partial charge in [0.1, 0.15) is 5.60 Å². The molecule has 3 atom stereocenters. The van der Waals surface area contributed by atoms with Crippen LogP contribution in [0, 0.1) is 5.92 Å². The summed E-state index contributed by atoms with van der Waals surface area (Å²) in [6.45, 7) is 7.33. The van der Waals surface area contributed by atoms with E-state index in [0.717, 1.165) is 24.0 Å². The van der Waals surface area contributed by atoms with E-state index < -0.39 is 5.60 Å². The second kappa shape index (κ2) is 10.6. The molecule has 162 valence electrons. The van der Waals surface area contributed by atoms with Crippen LogP contribution in [0.15, 0.2) is 60.7 Å². The van der Waals surface area contributed by atoms with Crippen LogP contribution < -0.4 is 5.32 Å². The van der Waals surface area contributed by atoms with Crippen molar-refractivity contribution in [3.63, 3.8) is 0 Å². The van der Waals surface area contributed by atoms with Crippen molar-refractivity contribution < 1.29 is 19.0 Å². The monoisotopic (exact) mass is 411 g/mol. The van der Waals surface area contributed by atoms with Crippen molar-refractivity contribution in [3.05, 3.63) is 71.8 Å². The van der Waals surface area contributed by atoms with E-state index in [9.17, 15) is 4.79 Å². The Kier molecular flexibility index (Phi) is 7.88. The fourth-order valence-electron chi connectivity index (χ4n) is 3.74. The van der Waals surface area contributed by atoms with Gasteiger partial charge < -0.3 is 19.5 Å². The van der Waals surface area contributed by atoms with E-state index in [1.165, 1.54) is 0 Å². The van der Waals surface area contributed by atoms with Crippen LogP contribution in [0.5, 0.6) is 0 Å². The third kappa shape index (κ3) is 7.47. The van der Waals surface area contributed by atoms with Crippen molar-refractivity contribution in [2.24, 2.45) is 5.92 Å². The third-order valence-electron chi connectivity index (χ3n) is 5.10. The molecule has 5 heteroatoms. The number of rotatable bonds is 8. The highest BCUT2D eigenvalue weighted by molar-refractivity contribution is 5.68. The average molecular weight is 412 g/mol. The first kappa shape index (κ1) is 22.3. The van der Waals surface area contributed by atoms with Gasteiger partial charge in [0.2, 0.25) is 0 Å². The Balaban J connectivity index is 1.55. The predicted octanol–water partition coefficient (Wildman–Crippen LogP) is 5.09. The van der Waals surface area contributed by atoms with E-state index in [0.29, 0.717) is 19.8 Å². The average Bonchev–Trinajstić information content (AvgIpc) is 3.08. The van der Waals surface area contributed by atoms with Crippen LogP contribution in [0.2, 0.25) is 0 Å². The zero-order valence-corrected chi connectivity index (χ0v) is 18.2. The lowest BCUT2D eigenvalue weighted by atomic mass is 10.1. The van der Waals surface area contributed by atoms with Crippen LogP contribution in [-0.4, -0.2) is 30.4 Å². The maximum atomic E-state index is 12.2. The molecule has 0 aliphatic heterocycles. The van der Waals surface area contributed by atoms with Crippen molar-refractivity contribution in [1.29, 1.82) is 0 Å². The number of benzene rings is 2. The van der Waals surface area contributed by atoms with E-state index in [4.69, 9.17) is 14.2 Å². The van der Waals surface area contributed by atoms with Crippen LogP contribution in [0.25, 0.3) is 0 Å². The summed E-state index contributed by atoms with van der Waals surface area (Å²) in [5, 5.41) is 3.00. The molecule has 1 amide bonds. The molecule has 1 fully saturated rings. The summed E-state index contributed by atoms with van der Waals surface area (Å²) >= 11 is 0. The van der Waals surface area contributed by atoms with Gasteiger partial charge in [-0.15, -0.1) is 0 Å². The molecule has 1 aliphatic rings. The van der Waals surface area contributed by atoms with Crippen LogP contribution >= 0.6 is 0 Å². The SMILES string of the molecule is CC(C)(C)OC(=O)N[C@@H]1C[C@H](COCc2ccccc2)[C@H](OCc2ccccc2)C1. The van der Waals surface area contributed by atoms with Crippen LogP contribution in [0.3, 0.4) is 0 Å². The first-order valence-corrected chi connectivity index (χ1v) is 10.7. The first-order valence-electron chi connectivity index (χ1n) is 10.7. The smallest absolute Gasteiger partial charge is 0.407 e. The van der Waals surface area contributed by atoms with E-state index in [-0.39, 0.29) is 24.2 Å². The third-order valence-corrected chi connectivity index (χ3v) is 5.10. The van der Waals surface area contributed by atoms with E-state index in [2.05, 4.69) is 29.6 Å². The van der Waals surface area contributed by atoms with Gasteiger partial charge in [-0.1, -0.05) is 60.7 Å². The van der Waals surface area contributed by atoms with Gasteiger partial charge in [0.15, 0.2) is 0 Å². The van der Waals surface area contributed by atoms with Crippen molar-refractivity contribution in [2.45, 2.75) is 64.6 Å². The number of nitrogens with one attached hydrogen (secondary N) is 1. The van der Waals surface area contributed by atoms with Crippen LogP contribution in [0.4, 0.5) is 4.79 Å². The minimum Gasteiger partial charge on any atom is -0.444 e. The molecule has 0 heterocycles. The van der Waals surface area contributed by atoms with Crippen LogP contribution in [-0.2, 0) is 27.4 Å². The molecular formula is C25H33NO4. The highest BCUT2D eigenvalue weighted by atomic mass is 16.6. The summed E-state index contributed by atoms with van der Waals surface area (Å²) in [5.41, 5.74) is 1.79. The molecule has 0 saturated heterocycles. The maximum absolute atomic E-state index is 12.2. The molecule has 0 spiro atoms. The van der Waals surface area contributed by atoms with Gasteiger partial charge in [0.25, 0.3) is 0 Å². The number of amides is 1. The summed E-state index contributed by atoms with van der Waals surface area (Å²) in [6.07, 6.45) is 1.22. The van der Waals surface area contributed by atoms with Crippen molar-refractivity contribution in [1.82, 2.24) is 5.32 Å². The number of carbonyl (C=O) groups is 1. The molecule has 1 N–H and O–H groups in total. The molecule has 2 aromatic carbocycles. The van der Waals surface area contributed by atoms with Crippen LogP contribution in [0.1, 0.15) is 44.7 Å². The highest BCUT2D eigenvalue weighted by Crippen LogP contribution is 2.30. The van der Waals surface area contributed by atoms with Crippen molar-refractivity contribution in [3.8, 4) is 0 Å². The molecule has 0 bridgehead atoms. The Labute approximate surface area is 179 Å². The Morgan fingerprint density at radius 1 is 0.933 bits per heavy atom. The van der Waals surface area contributed by atoms with Gasteiger partial charge in [-0.25, -0.2) is 4.79 Å². The second-order valence-corrected chi connectivity index (χ2v) is 8.91. The van der Waals surface area contributed by atoms with Gasteiger partial charge in [-0.2, -0.15) is 0 Å². The molecule has 2 aromatic rings. The largest absolute Gasteiger partial charge is 0.444 e. The number of alkyl carbamates (subject to hydrolysis) is 1. The van der Waals surface area contributed by atoms with Gasteiger partial charge in [0, 0.05) is 12.0 Å². The van der Waals surface area contributed by atoms with E-state index >= 15 is 0 Å². The summed E-state index contributed by atoms with van der Waals surface area (Å²) in [4.78, 5) is 12.2. The topological polar surface area (TPSA) is 56.8 Å². The maximum Gasteiger partial charge on any atom is 0.407 e. The lowest BCUT2D eigenvalue weighted by Crippen LogP contribution is -2.38. The van der Waals surface area contributed by atoms with E-state index in [1.807, 2.05) is 57.2 Å². The van der Waals surface area contributed by atoms with Crippen molar-refractivity contribution >= 4 is 6.09 Å². The molecule has 30 heavy (non-hydrogen) atoms. The van der Waals surface area contributed by atoms with Gasteiger partial charge in [-0.05, 0) is 44.7 Å². The minimum absolute atomic E-state index is 0.0194. The van der Waals surface area contributed by atoms with Gasteiger partial charge in [0.05, 0.1) is 25.9 Å². The Morgan fingerprint density at radius 3 is 2.13 bits per heavy atom. The van der Waals surface area contributed by atoms with E-state index in [1.54, 1.807) is 0 Å². The molecule has 5 nitrogen and oxygen atoms in total. The normalized spacial score (nSPS) is 21.4. The summed E-state index contributed by atoms with van der Waals surface area (Å²) in [7, 11) is 0. The van der Waals surface area contributed by atoms with Gasteiger partial charge in [-0.3, -0.25) is 0 Å². The molecular weight excluding hydrogens is 378 g/mol. The zero-order valence-electron chi connectivity index (χ0n) is 18.2. The number of hydrogen-bond donors (Lipinski definition) is 1. The number of ether oxygens (including phenoxy) is 3. The quantitative estimate of drug-likeness (QED) is 0.657. The Morgan fingerprint density at radius 2 is 1.53 bits per heavy atom. The summed E-state index contributed by atoms with van der Waals surface area (Å²) in [5.74, 6) is 0.220. The number of carbonyl (C=O) groups excluding carboxylic acids is 1. The molecule has 0 unspecified atom stereocenters. The summed E-state index contributed by atoms with van der Waals surface area (Å²) < 4.78 is 17.7. The lowest BCUT2D eigenvalue weighted by molar-refractivity contribution is -0.0189. The minimum atomic E-state index is -0.510. The molecule has 0 radical (unpaired) electrons. The highest BCUT2D eigenvalue weighted by Gasteiger charge is 2.36. The summed E-state index contributed by atoms with van der Waals surface area (Å²) in [6, 6.07) is 20.3. The predicted molar refractivity (Wildman–Crippen MR) is 117 cm³/mol. The lowest BCUT2D eigenvalue weighted by Gasteiger charge is -2.21.